The van der Waals surface area contributed by atoms with Crippen molar-refractivity contribution in [2.24, 2.45) is 65.1 Å². The number of hydrogen-bond donors (Lipinski definition) is 0. The molecule has 9 heteroatoms. The van der Waals surface area contributed by atoms with Gasteiger partial charge in [-0.15, -0.1) is 0 Å². The van der Waals surface area contributed by atoms with E-state index in [1.807, 2.05) is 0 Å². The molecular weight excluding hydrogens is 781 g/mol. The first-order valence-corrected chi connectivity index (χ1v) is 25.7. The Bertz CT molecular complexity index is 1780. The van der Waals surface area contributed by atoms with Crippen molar-refractivity contribution in [2.45, 2.75) is 202 Å². The van der Waals surface area contributed by atoms with Gasteiger partial charge in [-0.1, -0.05) is 36.5 Å². The van der Waals surface area contributed by atoms with Gasteiger partial charge in [-0.25, -0.2) is 0 Å². The van der Waals surface area contributed by atoms with E-state index >= 15 is 0 Å². The molecule has 10 fully saturated rings. The highest BCUT2D eigenvalue weighted by Crippen LogP contribution is 2.54. The van der Waals surface area contributed by atoms with Crippen LogP contribution in [0.3, 0.4) is 0 Å². The Balaban J connectivity index is 0.000000105. The van der Waals surface area contributed by atoms with Crippen molar-refractivity contribution in [2.75, 3.05) is 6.61 Å². The molecule has 9 nitrogen and oxygen atoms in total. The Kier molecular flexibility index (Phi) is 11.4. The van der Waals surface area contributed by atoms with Crippen LogP contribution in [-0.4, -0.2) is 71.8 Å². The summed E-state index contributed by atoms with van der Waals surface area (Å²) in [5, 5.41) is 0. The number of carbonyl (C=O) groups is 3. The van der Waals surface area contributed by atoms with Gasteiger partial charge >= 0.3 is 17.9 Å². The minimum Gasteiger partial charge on any atom is -0.459 e. The second-order valence-electron chi connectivity index (χ2n) is 23.0. The van der Waals surface area contributed by atoms with Crippen molar-refractivity contribution < 1.29 is 42.8 Å². The van der Waals surface area contributed by atoms with Crippen molar-refractivity contribution >= 4 is 17.9 Å². The number of esters is 3. The topological polar surface area (TPSA) is 107 Å². The first-order valence-electron chi connectivity index (χ1n) is 25.7. The molecule has 13 rings (SSSR count). The van der Waals surface area contributed by atoms with Crippen LogP contribution in [0.4, 0.5) is 0 Å². The van der Waals surface area contributed by atoms with Crippen LogP contribution in [0.2, 0.25) is 0 Å². The van der Waals surface area contributed by atoms with Crippen molar-refractivity contribution in [1.29, 1.82) is 0 Å². The summed E-state index contributed by atoms with van der Waals surface area (Å²) < 4.78 is 36.3. The van der Waals surface area contributed by atoms with Gasteiger partial charge in [0.1, 0.15) is 16.8 Å². The van der Waals surface area contributed by atoms with E-state index in [0.717, 1.165) is 96.5 Å². The molecule has 0 radical (unpaired) electrons. The highest BCUT2D eigenvalue weighted by Gasteiger charge is 2.57. The Morgan fingerprint density at radius 3 is 1.45 bits per heavy atom. The summed E-state index contributed by atoms with van der Waals surface area (Å²) in [5.74, 6) is 4.56. The fourth-order valence-electron chi connectivity index (χ4n) is 15.7. The zero-order valence-electron chi connectivity index (χ0n) is 37.6. The lowest BCUT2D eigenvalue weighted by molar-refractivity contribution is -0.179. The van der Waals surface area contributed by atoms with Crippen molar-refractivity contribution in [1.82, 2.24) is 0 Å². The van der Waals surface area contributed by atoms with Crippen LogP contribution in [0.15, 0.2) is 36.5 Å². The van der Waals surface area contributed by atoms with Gasteiger partial charge in [0.15, 0.2) is 0 Å². The minimum atomic E-state index is -0.386. The lowest BCUT2D eigenvalue weighted by atomic mass is 9.75. The third kappa shape index (κ3) is 7.90. The monoisotopic (exact) mass is 855 g/mol. The predicted octanol–water partition coefficient (Wildman–Crippen LogP) is 9.94. The average molecular weight is 855 g/mol. The molecule has 340 valence electrons. The van der Waals surface area contributed by atoms with E-state index in [1.165, 1.54) is 51.4 Å². The average Bonchev–Trinajstić information content (AvgIpc) is 4.12. The summed E-state index contributed by atoms with van der Waals surface area (Å²) in [4.78, 5) is 38.0. The second kappa shape index (κ2) is 16.7. The minimum absolute atomic E-state index is 0.0228. The zero-order chi connectivity index (χ0) is 42.2. The van der Waals surface area contributed by atoms with E-state index in [-0.39, 0.29) is 58.6 Å². The SMILES string of the molecule is CC(C)(OC(=O)C1CC2C=CC1C2)C1CC2CCC1O2.O=C(OC1(C2CC3CCC2O3)CCCC1)C1CC2C=CC1C2.O=C(OC1(C2CCCO2)CCCC1)C1CC2C=CC1C2. The molecule has 62 heavy (non-hydrogen) atoms. The fourth-order valence-corrected chi connectivity index (χ4v) is 15.7. The molecule has 5 saturated heterocycles. The molecule has 0 spiro atoms. The van der Waals surface area contributed by atoms with Crippen molar-refractivity contribution in [3.8, 4) is 0 Å². The molecule has 13 aliphatic rings. The molecule has 0 amide bonds. The van der Waals surface area contributed by atoms with E-state index in [1.54, 1.807) is 0 Å². The molecule has 0 N–H and O–H groups in total. The molecule has 10 bridgehead atoms. The molecule has 5 aliphatic heterocycles. The molecular formula is C53H74O9. The number of rotatable bonds is 9. The van der Waals surface area contributed by atoms with Gasteiger partial charge in [0, 0.05) is 18.4 Å². The molecule has 0 aromatic rings. The Morgan fingerprint density at radius 1 is 0.532 bits per heavy atom. The zero-order valence-corrected chi connectivity index (χ0v) is 37.6. The van der Waals surface area contributed by atoms with Crippen LogP contribution in [0.25, 0.3) is 0 Å². The van der Waals surface area contributed by atoms with Gasteiger partial charge in [-0.05, 0) is 191 Å². The van der Waals surface area contributed by atoms with Gasteiger partial charge in [-0.3, -0.25) is 14.4 Å². The number of ether oxygens (including phenoxy) is 6. The van der Waals surface area contributed by atoms with E-state index in [4.69, 9.17) is 28.4 Å². The van der Waals surface area contributed by atoms with Gasteiger partial charge < -0.3 is 28.4 Å². The number of allylic oxidation sites excluding steroid dienone is 6. The second-order valence-corrected chi connectivity index (χ2v) is 23.0. The van der Waals surface area contributed by atoms with Crippen molar-refractivity contribution in [3.63, 3.8) is 0 Å². The van der Waals surface area contributed by atoms with Gasteiger partial charge in [0.25, 0.3) is 0 Å². The molecule has 8 aliphatic carbocycles. The maximum atomic E-state index is 12.9. The summed E-state index contributed by atoms with van der Waals surface area (Å²) in [6, 6.07) is 0. The molecule has 16 unspecified atom stereocenters. The van der Waals surface area contributed by atoms with E-state index < -0.39 is 0 Å². The van der Waals surface area contributed by atoms with Crippen LogP contribution in [0.1, 0.15) is 155 Å². The normalized spacial score (nSPS) is 44.8. The predicted molar refractivity (Wildman–Crippen MR) is 232 cm³/mol. The molecule has 5 heterocycles. The van der Waals surface area contributed by atoms with Crippen LogP contribution in [-0.2, 0) is 42.8 Å². The molecule has 0 aromatic heterocycles. The highest BCUT2D eigenvalue weighted by molar-refractivity contribution is 5.76. The maximum Gasteiger partial charge on any atom is 0.310 e. The summed E-state index contributed by atoms with van der Waals surface area (Å²) in [6.07, 6.45) is 39.6. The van der Waals surface area contributed by atoms with E-state index in [9.17, 15) is 14.4 Å². The van der Waals surface area contributed by atoms with E-state index in [2.05, 4.69) is 50.3 Å². The molecule has 16 atom stereocenters. The number of fused-ring (bicyclic) bond motifs is 10. The Labute approximate surface area is 370 Å². The van der Waals surface area contributed by atoms with Crippen LogP contribution in [0, 0.1) is 65.1 Å². The Hall–Kier alpha value is -2.49. The van der Waals surface area contributed by atoms with Gasteiger partial charge in [0.2, 0.25) is 0 Å². The lowest BCUT2D eigenvalue weighted by Crippen LogP contribution is -2.46. The van der Waals surface area contributed by atoms with Crippen LogP contribution < -0.4 is 0 Å². The Morgan fingerprint density at radius 2 is 1.03 bits per heavy atom. The first-order chi connectivity index (χ1) is 30.0. The lowest BCUT2D eigenvalue weighted by Gasteiger charge is -2.39. The summed E-state index contributed by atoms with van der Waals surface area (Å²) >= 11 is 0. The third-order valence-electron chi connectivity index (χ3n) is 18.9. The van der Waals surface area contributed by atoms with E-state index in [0.29, 0.717) is 71.8 Å². The summed E-state index contributed by atoms with van der Waals surface area (Å²) in [6.45, 7) is 4.98. The standard InChI is InChI=1S/C19H26O3.2C17H24O3/c20-18(15-10-12-3-4-13(15)9-12)22-19(7-1-2-8-19)16-11-14-5-6-17(16)21-14;1-17(2,14-9-12-5-6-15(14)19-12)20-16(18)13-8-10-3-4-11(13)7-10;18-16(14-11-12-5-6-13(14)10-12)20-17(7-1-2-8-17)15-4-3-9-19-15/h3-4,12-17H,1-2,5-11H2;3-4,10-15H,5-9H2,1-2H3;5-6,12-15H,1-4,7-11H2. The first kappa shape index (κ1) is 42.2. The fraction of sp³-hybridized carbons (Fsp3) is 0.830. The maximum absolute atomic E-state index is 12.9. The van der Waals surface area contributed by atoms with Gasteiger partial charge in [-0.2, -0.15) is 0 Å². The van der Waals surface area contributed by atoms with Crippen LogP contribution in [0.5, 0.6) is 0 Å². The largest absolute Gasteiger partial charge is 0.459 e. The smallest absolute Gasteiger partial charge is 0.310 e. The summed E-state index contributed by atoms with van der Waals surface area (Å²) in [7, 11) is 0. The molecule has 5 saturated carbocycles. The molecule has 0 aromatic carbocycles. The quantitative estimate of drug-likeness (QED) is 0.127. The summed E-state index contributed by atoms with van der Waals surface area (Å²) in [5.41, 5.74) is -0.871. The highest BCUT2D eigenvalue weighted by atomic mass is 16.6. The third-order valence-corrected chi connectivity index (χ3v) is 18.9. The van der Waals surface area contributed by atoms with Gasteiger partial charge in [0.05, 0.1) is 48.3 Å². The van der Waals surface area contributed by atoms with Crippen LogP contribution >= 0.6 is 0 Å². The number of carbonyl (C=O) groups excluding carboxylic acids is 3. The number of hydrogen-bond acceptors (Lipinski definition) is 9. The van der Waals surface area contributed by atoms with Crippen molar-refractivity contribution in [3.05, 3.63) is 36.5 Å².